The number of aryl methyl sites for hydroxylation is 1. The summed E-state index contributed by atoms with van der Waals surface area (Å²) in [6.07, 6.45) is 9.34. The van der Waals surface area contributed by atoms with Crippen molar-refractivity contribution in [2.75, 3.05) is 13.7 Å². The molecule has 1 N–H and O–H groups in total. The Morgan fingerprint density at radius 3 is 2.18 bits per heavy atom. The highest BCUT2D eigenvalue weighted by atomic mass is 16.5. The third-order valence-electron chi connectivity index (χ3n) is 7.38. The number of hydrogen-bond donors (Lipinski definition) is 1. The van der Waals surface area contributed by atoms with Crippen molar-refractivity contribution in [3.8, 4) is 5.75 Å². The molecular formula is C34H40N2O3. The summed E-state index contributed by atoms with van der Waals surface area (Å²) in [6.45, 7) is 0.943. The number of hydrogen-bond acceptors (Lipinski definition) is 3. The molecule has 3 aromatic carbocycles. The smallest absolute Gasteiger partial charge is 0.243 e. The van der Waals surface area contributed by atoms with Crippen molar-refractivity contribution in [3.05, 3.63) is 113 Å². The molecule has 0 radical (unpaired) electrons. The minimum Gasteiger partial charge on any atom is -0.497 e. The third kappa shape index (κ3) is 8.85. The maximum Gasteiger partial charge on any atom is 0.243 e. The average Bonchev–Trinajstić information content (AvgIpc) is 2.99. The van der Waals surface area contributed by atoms with Crippen molar-refractivity contribution in [3.63, 3.8) is 0 Å². The molecule has 1 atom stereocenters. The van der Waals surface area contributed by atoms with Gasteiger partial charge in [-0.2, -0.15) is 0 Å². The zero-order chi connectivity index (χ0) is 27.3. The molecule has 0 spiro atoms. The number of nitrogens with one attached hydrogen (secondary N) is 1. The van der Waals surface area contributed by atoms with Crippen LogP contribution in [0, 0.1) is 0 Å². The van der Waals surface area contributed by atoms with Crippen LogP contribution in [-0.4, -0.2) is 36.4 Å². The lowest BCUT2D eigenvalue weighted by molar-refractivity contribution is -0.141. The standard InChI is InChI=1S/C34H40N2O3/c1-39-31-20-17-30(18-21-31)26-36(33(37)22-19-27-11-5-2-6-12-27)32(25-29-15-9-4-10-16-29)34(38)35-24-23-28-13-7-3-8-14-28/h2,4-6,9-13,15-18,20-21,32H,3,7-8,14,19,22-26H2,1H3,(H,35,38). The molecule has 39 heavy (non-hydrogen) atoms. The Kier molecular flexibility index (Phi) is 10.8. The molecule has 0 aliphatic heterocycles. The van der Waals surface area contributed by atoms with Gasteiger partial charge in [0.05, 0.1) is 7.11 Å². The van der Waals surface area contributed by atoms with Gasteiger partial charge in [0, 0.05) is 25.9 Å². The molecule has 204 valence electrons. The van der Waals surface area contributed by atoms with Gasteiger partial charge in [0.1, 0.15) is 11.8 Å². The molecule has 0 aromatic heterocycles. The number of ether oxygens (including phenoxy) is 1. The predicted molar refractivity (Wildman–Crippen MR) is 156 cm³/mol. The maximum atomic E-state index is 13.8. The van der Waals surface area contributed by atoms with Crippen LogP contribution >= 0.6 is 0 Å². The van der Waals surface area contributed by atoms with Gasteiger partial charge in [-0.3, -0.25) is 9.59 Å². The van der Waals surface area contributed by atoms with Crippen molar-refractivity contribution in [2.24, 2.45) is 0 Å². The fraction of sp³-hybridized carbons (Fsp3) is 0.353. The highest BCUT2D eigenvalue weighted by Gasteiger charge is 2.30. The molecule has 2 amide bonds. The van der Waals surface area contributed by atoms with E-state index in [0.29, 0.717) is 32.4 Å². The second-order valence-corrected chi connectivity index (χ2v) is 10.2. The molecule has 0 saturated carbocycles. The molecule has 1 aliphatic carbocycles. The van der Waals surface area contributed by atoms with E-state index in [2.05, 4.69) is 11.4 Å². The van der Waals surface area contributed by atoms with Gasteiger partial charge >= 0.3 is 0 Å². The second kappa shape index (κ2) is 14.9. The zero-order valence-corrected chi connectivity index (χ0v) is 23.0. The van der Waals surface area contributed by atoms with Crippen molar-refractivity contribution in [1.82, 2.24) is 10.2 Å². The quantitative estimate of drug-likeness (QED) is 0.268. The van der Waals surface area contributed by atoms with Gasteiger partial charge in [0.2, 0.25) is 11.8 Å². The third-order valence-corrected chi connectivity index (χ3v) is 7.38. The van der Waals surface area contributed by atoms with E-state index in [9.17, 15) is 9.59 Å². The summed E-state index contributed by atoms with van der Waals surface area (Å²) in [5.41, 5.74) is 4.53. The molecule has 3 aromatic rings. The van der Waals surface area contributed by atoms with E-state index in [1.54, 1.807) is 12.0 Å². The molecular weight excluding hydrogens is 484 g/mol. The van der Waals surface area contributed by atoms with Gasteiger partial charge in [-0.15, -0.1) is 0 Å². The summed E-state index contributed by atoms with van der Waals surface area (Å²) in [7, 11) is 1.64. The van der Waals surface area contributed by atoms with Crippen molar-refractivity contribution < 1.29 is 14.3 Å². The van der Waals surface area contributed by atoms with Crippen molar-refractivity contribution in [1.29, 1.82) is 0 Å². The van der Waals surface area contributed by atoms with Gasteiger partial charge in [0.15, 0.2) is 0 Å². The average molecular weight is 525 g/mol. The monoisotopic (exact) mass is 524 g/mol. The van der Waals surface area contributed by atoms with Crippen LogP contribution in [0.4, 0.5) is 0 Å². The van der Waals surface area contributed by atoms with E-state index < -0.39 is 6.04 Å². The number of rotatable bonds is 13. The van der Waals surface area contributed by atoms with Gasteiger partial charge in [-0.05, 0) is 67.3 Å². The molecule has 0 heterocycles. The number of nitrogens with zero attached hydrogens (tertiary/aromatic N) is 1. The van der Waals surface area contributed by atoms with Crippen molar-refractivity contribution in [2.45, 2.75) is 64.0 Å². The molecule has 1 unspecified atom stereocenters. The SMILES string of the molecule is COc1ccc(CN(C(=O)CCc2ccccc2)C(Cc2ccccc2)C(=O)NCCC2=CCCCC2)cc1. The number of methoxy groups -OCH3 is 1. The summed E-state index contributed by atoms with van der Waals surface area (Å²) in [4.78, 5) is 29.3. The van der Waals surface area contributed by atoms with Crippen LogP contribution in [-0.2, 0) is 29.0 Å². The highest BCUT2D eigenvalue weighted by Crippen LogP contribution is 2.21. The van der Waals surface area contributed by atoms with Gasteiger partial charge in [-0.25, -0.2) is 0 Å². The molecule has 0 fully saturated rings. The summed E-state index contributed by atoms with van der Waals surface area (Å²) in [6, 6.07) is 27.1. The van der Waals surface area contributed by atoms with Gasteiger partial charge in [-0.1, -0.05) is 84.4 Å². The molecule has 0 saturated heterocycles. The summed E-state index contributed by atoms with van der Waals surface area (Å²) < 4.78 is 5.32. The summed E-state index contributed by atoms with van der Waals surface area (Å²) in [5.74, 6) is 0.633. The fourth-order valence-corrected chi connectivity index (χ4v) is 5.12. The van der Waals surface area contributed by atoms with Gasteiger partial charge in [0.25, 0.3) is 0 Å². The van der Waals surface area contributed by atoms with Crippen molar-refractivity contribution >= 4 is 11.8 Å². The lowest BCUT2D eigenvalue weighted by atomic mass is 9.97. The van der Waals surface area contributed by atoms with Crippen LogP contribution in [0.1, 0.15) is 55.2 Å². The van der Waals surface area contributed by atoms with E-state index in [0.717, 1.165) is 41.7 Å². The van der Waals surface area contributed by atoms with Crippen LogP contribution in [0.15, 0.2) is 96.6 Å². The lowest BCUT2D eigenvalue weighted by Gasteiger charge is -2.32. The minimum absolute atomic E-state index is 0.0271. The Hall–Kier alpha value is -3.86. The number of carbonyl (C=O) groups excluding carboxylic acids is 2. The Morgan fingerprint density at radius 1 is 0.846 bits per heavy atom. The molecule has 5 nitrogen and oxygen atoms in total. The predicted octanol–water partition coefficient (Wildman–Crippen LogP) is 6.27. The first kappa shape index (κ1) is 28.2. The molecule has 1 aliphatic rings. The molecule has 0 bridgehead atoms. The Bertz CT molecular complexity index is 1210. The summed E-state index contributed by atoms with van der Waals surface area (Å²) in [5, 5.41) is 3.17. The Balaban J connectivity index is 1.55. The highest BCUT2D eigenvalue weighted by molar-refractivity contribution is 5.88. The largest absolute Gasteiger partial charge is 0.497 e. The number of benzene rings is 3. The van der Waals surface area contributed by atoms with E-state index >= 15 is 0 Å². The van der Waals surface area contributed by atoms with Crippen LogP contribution < -0.4 is 10.1 Å². The van der Waals surface area contributed by atoms with E-state index in [4.69, 9.17) is 4.74 Å². The Morgan fingerprint density at radius 2 is 1.54 bits per heavy atom. The Labute approximate surface area is 232 Å². The van der Waals surface area contributed by atoms with Crippen LogP contribution in [0.2, 0.25) is 0 Å². The van der Waals surface area contributed by atoms with E-state index in [-0.39, 0.29) is 11.8 Å². The second-order valence-electron chi connectivity index (χ2n) is 10.2. The zero-order valence-electron chi connectivity index (χ0n) is 23.0. The first-order valence-electron chi connectivity index (χ1n) is 14.1. The number of amides is 2. The first-order valence-corrected chi connectivity index (χ1v) is 14.1. The summed E-state index contributed by atoms with van der Waals surface area (Å²) >= 11 is 0. The minimum atomic E-state index is -0.613. The molecule has 4 rings (SSSR count). The fourth-order valence-electron chi connectivity index (χ4n) is 5.12. The lowest BCUT2D eigenvalue weighted by Crippen LogP contribution is -2.50. The number of allylic oxidation sites excluding steroid dienone is 1. The van der Waals surface area contributed by atoms with Crippen LogP contribution in [0.3, 0.4) is 0 Å². The maximum absolute atomic E-state index is 13.8. The molecule has 5 heteroatoms. The number of carbonyl (C=O) groups is 2. The van der Waals surface area contributed by atoms with Gasteiger partial charge < -0.3 is 15.0 Å². The van der Waals surface area contributed by atoms with Crippen LogP contribution in [0.25, 0.3) is 0 Å². The topological polar surface area (TPSA) is 58.6 Å². The first-order chi connectivity index (χ1) is 19.1. The van der Waals surface area contributed by atoms with Crippen LogP contribution in [0.5, 0.6) is 5.75 Å². The van der Waals surface area contributed by atoms with E-state index in [1.807, 2.05) is 84.9 Å². The normalized spacial score (nSPS) is 13.7. The van der Waals surface area contributed by atoms with E-state index in [1.165, 1.54) is 18.4 Å².